The molecule has 1 aromatic carbocycles. The molecule has 1 aromatic rings. The number of carbonyl (C=O) groups is 2. The molecule has 0 aromatic heterocycles. The summed E-state index contributed by atoms with van der Waals surface area (Å²) >= 11 is 5.91. The molecular weight excluding hydrogens is 394 g/mol. The molecule has 2 amide bonds. The average molecular weight is 418 g/mol. The summed E-state index contributed by atoms with van der Waals surface area (Å²) in [5, 5.41) is 2.86. The largest absolute Gasteiger partial charge is 0.450 e. The Bertz CT molecular complexity index is 772. The van der Waals surface area contributed by atoms with E-state index >= 15 is 0 Å². The van der Waals surface area contributed by atoms with Crippen LogP contribution < -0.4 is 10.0 Å². The van der Waals surface area contributed by atoms with Gasteiger partial charge in [0.05, 0.1) is 11.6 Å². The number of hydrogen-bond acceptors (Lipinski definition) is 5. The van der Waals surface area contributed by atoms with Crippen molar-refractivity contribution < 1.29 is 22.7 Å². The first-order chi connectivity index (χ1) is 12.8. The van der Waals surface area contributed by atoms with Crippen LogP contribution in [0.1, 0.15) is 26.2 Å². The van der Waals surface area contributed by atoms with Gasteiger partial charge in [0.1, 0.15) is 4.90 Å². The number of benzene rings is 1. The molecule has 8 nitrogen and oxygen atoms in total. The Balaban J connectivity index is 1.83. The number of rotatable bonds is 7. The van der Waals surface area contributed by atoms with Crippen LogP contribution in [-0.2, 0) is 19.6 Å². The summed E-state index contributed by atoms with van der Waals surface area (Å²) in [5.74, 6) is -0.174. The second-order valence-electron chi connectivity index (χ2n) is 6.12. The van der Waals surface area contributed by atoms with E-state index in [2.05, 4.69) is 10.0 Å². The van der Waals surface area contributed by atoms with Crippen LogP contribution in [0.3, 0.4) is 0 Å². The minimum Gasteiger partial charge on any atom is -0.450 e. The van der Waals surface area contributed by atoms with E-state index in [1.54, 1.807) is 24.0 Å². The molecule has 1 heterocycles. The first-order valence-corrected chi connectivity index (χ1v) is 10.6. The molecule has 27 heavy (non-hydrogen) atoms. The van der Waals surface area contributed by atoms with Crippen molar-refractivity contribution in [2.45, 2.75) is 37.1 Å². The summed E-state index contributed by atoms with van der Waals surface area (Å²) in [6, 6.07) is 5.95. The highest BCUT2D eigenvalue weighted by atomic mass is 35.5. The Morgan fingerprint density at radius 1 is 1.33 bits per heavy atom. The van der Waals surface area contributed by atoms with Crippen LogP contribution in [-0.4, -0.2) is 57.6 Å². The molecule has 1 saturated heterocycles. The van der Waals surface area contributed by atoms with Gasteiger partial charge in [-0.25, -0.2) is 17.9 Å². The van der Waals surface area contributed by atoms with Crippen LogP contribution >= 0.6 is 11.6 Å². The molecule has 0 saturated carbocycles. The minimum absolute atomic E-state index is 0.0178. The molecule has 0 spiro atoms. The summed E-state index contributed by atoms with van der Waals surface area (Å²) in [6.45, 7) is 2.94. The number of carbonyl (C=O) groups excluding carboxylic acids is 2. The quantitative estimate of drug-likeness (QED) is 0.703. The lowest BCUT2D eigenvalue weighted by Gasteiger charge is -2.33. The van der Waals surface area contributed by atoms with Crippen molar-refractivity contribution in [3.05, 3.63) is 29.3 Å². The standard InChI is InChI=1S/C17H24ClN3O5S/c1-2-26-17(23)20-13-6-5-11-21(12-13)16(22)9-10-19-27(24,25)15-8-4-3-7-14(15)18/h3-4,7-8,13,19H,2,5-6,9-12H2,1H3,(H,20,23). The molecule has 0 radical (unpaired) electrons. The third-order valence-corrected chi connectivity index (χ3v) is 6.09. The fourth-order valence-corrected chi connectivity index (χ4v) is 4.40. The minimum atomic E-state index is -3.78. The van der Waals surface area contributed by atoms with Crippen molar-refractivity contribution >= 4 is 33.6 Å². The van der Waals surface area contributed by atoms with E-state index in [1.807, 2.05) is 0 Å². The third kappa shape index (κ3) is 6.37. The van der Waals surface area contributed by atoms with Crippen LogP contribution in [0.5, 0.6) is 0 Å². The first-order valence-electron chi connectivity index (χ1n) is 8.78. The smallest absolute Gasteiger partial charge is 0.407 e. The maximum atomic E-state index is 12.4. The van der Waals surface area contributed by atoms with Crippen LogP contribution in [0, 0.1) is 0 Å². The van der Waals surface area contributed by atoms with Gasteiger partial charge in [0.15, 0.2) is 0 Å². The van der Waals surface area contributed by atoms with Crippen LogP contribution in [0.2, 0.25) is 5.02 Å². The molecule has 1 aliphatic heterocycles. The van der Waals surface area contributed by atoms with Crippen LogP contribution in [0.4, 0.5) is 4.79 Å². The van der Waals surface area contributed by atoms with Gasteiger partial charge in [-0.05, 0) is 31.9 Å². The molecule has 0 aliphatic carbocycles. The molecule has 150 valence electrons. The zero-order valence-corrected chi connectivity index (χ0v) is 16.7. The monoisotopic (exact) mass is 417 g/mol. The van der Waals surface area contributed by atoms with Gasteiger partial charge in [0.2, 0.25) is 15.9 Å². The van der Waals surface area contributed by atoms with Gasteiger partial charge in [-0.2, -0.15) is 0 Å². The molecule has 1 fully saturated rings. The predicted molar refractivity (Wildman–Crippen MR) is 101 cm³/mol. The van der Waals surface area contributed by atoms with Crippen molar-refractivity contribution in [1.82, 2.24) is 14.9 Å². The van der Waals surface area contributed by atoms with Gasteiger partial charge in [-0.1, -0.05) is 23.7 Å². The Morgan fingerprint density at radius 3 is 2.78 bits per heavy atom. The molecule has 2 rings (SSSR count). The van der Waals surface area contributed by atoms with Gasteiger partial charge < -0.3 is 15.0 Å². The molecule has 10 heteroatoms. The highest BCUT2D eigenvalue weighted by Gasteiger charge is 2.25. The number of amides is 2. The average Bonchev–Trinajstić information content (AvgIpc) is 2.62. The van der Waals surface area contributed by atoms with Gasteiger partial charge in [-0.3, -0.25) is 4.79 Å². The summed E-state index contributed by atoms with van der Waals surface area (Å²) < 4.78 is 31.8. The number of ether oxygens (including phenoxy) is 1. The van der Waals surface area contributed by atoms with Crippen molar-refractivity contribution in [3.63, 3.8) is 0 Å². The lowest BCUT2D eigenvalue weighted by Crippen LogP contribution is -2.50. The number of piperidine rings is 1. The SMILES string of the molecule is CCOC(=O)NC1CCCN(C(=O)CCNS(=O)(=O)c2ccccc2Cl)C1. The van der Waals surface area contributed by atoms with E-state index in [-0.39, 0.29) is 41.4 Å². The van der Waals surface area contributed by atoms with Crippen molar-refractivity contribution in [2.24, 2.45) is 0 Å². The lowest BCUT2D eigenvalue weighted by atomic mass is 10.1. The van der Waals surface area contributed by atoms with E-state index in [9.17, 15) is 18.0 Å². The molecule has 1 aliphatic rings. The van der Waals surface area contributed by atoms with E-state index in [1.165, 1.54) is 12.1 Å². The zero-order valence-electron chi connectivity index (χ0n) is 15.1. The van der Waals surface area contributed by atoms with Crippen molar-refractivity contribution in [3.8, 4) is 0 Å². The number of sulfonamides is 1. The van der Waals surface area contributed by atoms with Gasteiger partial charge in [-0.15, -0.1) is 0 Å². The summed E-state index contributed by atoms with van der Waals surface area (Å²) in [7, 11) is -3.78. The molecule has 1 unspecified atom stereocenters. The van der Waals surface area contributed by atoms with Gasteiger partial charge >= 0.3 is 6.09 Å². The van der Waals surface area contributed by atoms with E-state index in [4.69, 9.17) is 16.3 Å². The first kappa shape index (κ1) is 21.5. The van der Waals surface area contributed by atoms with E-state index < -0.39 is 16.1 Å². The maximum Gasteiger partial charge on any atom is 0.407 e. The number of alkyl carbamates (subject to hydrolysis) is 1. The fourth-order valence-electron chi connectivity index (χ4n) is 2.85. The number of hydrogen-bond donors (Lipinski definition) is 2. The van der Waals surface area contributed by atoms with Crippen LogP contribution in [0.25, 0.3) is 0 Å². The van der Waals surface area contributed by atoms with Gasteiger partial charge in [0, 0.05) is 32.1 Å². The molecule has 1 atom stereocenters. The number of nitrogens with one attached hydrogen (secondary N) is 2. The Hall–Kier alpha value is -1.84. The maximum absolute atomic E-state index is 12.4. The number of halogens is 1. The van der Waals surface area contributed by atoms with Crippen molar-refractivity contribution in [2.75, 3.05) is 26.2 Å². The summed E-state index contributed by atoms with van der Waals surface area (Å²) in [6.07, 6.45) is 1.05. The third-order valence-electron chi connectivity index (χ3n) is 4.13. The fraction of sp³-hybridized carbons (Fsp3) is 0.529. The van der Waals surface area contributed by atoms with Crippen LogP contribution in [0.15, 0.2) is 29.2 Å². The van der Waals surface area contributed by atoms with Gasteiger partial charge in [0.25, 0.3) is 0 Å². The van der Waals surface area contributed by atoms with E-state index in [0.717, 1.165) is 12.8 Å². The lowest BCUT2D eigenvalue weighted by molar-refractivity contribution is -0.132. The highest BCUT2D eigenvalue weighted by molar-refractivity contribution is 7.89. The second-order valence-corrected chi connectivity index (χ2v) is 8.26. The Labute approximate surface area is 164 Å². The molecular formula is C17H24ClN3O5S. The molecule has 2 N–H and O–H groups in total. The number of likely N-dealkylation sites (tertiary alicyclic amines) is 1. The normalized spacial score (nSPS) is 17.4. The number of nitrogens with zero attached hydrogens (tertiary/aromatic N) is 1. The van der Waals surface area contributed by atoms with Crippen molar-refractivity contribution in [1.29, 1.82) is 0 Å². The summed E-state index contributed by atoms with van der Waals surface area (Å²) in [4.78, 5) is 25.5. The molecule has 0 bridgehead atoms. The highest BCUT2D eigenvalue weighted by Crippen LogP contribution is 2.20. The topological polar surface area (TPSA) is 105 Å². The summed E-state index contributed by atoms with van der Waals surface area (Å²) in [5.41, 5.74) is 0. The Morgan fingerprint density at radius 2 is 2.07 bits per heavy atom. The zero-order chi connectivity index (χ0) is 19.9. The Kier molecular flexibility index (Phi) is 7.88. The predicted octanol–water partition coefficient (Wildman–Crippen LogP) is 1.75. The second kappa shape index (κ2) is 9.91. The van der Waals surface area contributed by atoms with E-state index in [0.29, 0.717) is 13.1 Å².